The maximum Gasteiger partial charge on any atom is 0.164 e. The van der Waals surface area contributed by atoms with Gasteiger partial charge in [-0.3, -0.25) is 0 Å². The van der Waals surface area contributed by atoms with Crippen molar-refractivity contribution in [3.05, 3.63) is 102 Å². The predicted molar refractivity (Wildman–Crippen MR) is 128 cm³/mol. The van der Waals surface area contributed by atoms with Crippen molar-refractivity contribution in [2.24, 2.45) is 0 Å². The first-order valence-electron chi connectivity index (χ1n) is 10.2. The van der Waals surface area contributed by atoms with Crippen LogP contribution in [0.15, 0.2) is 101 Å². The second-order valence-electron chi connectivity index (χ2n) is 7.47. The highest BCUT2D eigenvalue weighted by Gasteiger charge is 2.15. The summed E-state index contributed by atoms with van der Waals surface area (Å²) in [5.74, 6) is 1.88. The van der Waals surface area contributed by atoms with Crippen LogP contribution in [0.2, 0.25) is 5.02 Å². The zero-order valence-corrected chi connectivity index (χ0v) is 17.6. The summed E-state index contributed by atoms with van der Waals surface area (Å²) in [5.41, 5.74) is 4.23. The standard InChI is InChI=1S/C27H16ClN3O/c28-22-13-7-12-20-21-16-19(14-15-23(21)32-24(20)22)27-30-25(17-8-3-1-4-9-17)29-26(31-27)18-10-5-2-6-11-18/h1-16H. The molecule has 0 saturated heterocycles. The van der Waals surface area contributed by atoms with Gasteiger partial charge in [0.05, 0.1) is 5.02 Å². The van der Waals surface area contributed by atoms with Gasteiger partial charge in [0.15, 0.2) is 23.1 Å². The van der Waals surface area contributed by atoms with E-state index < -0.39 is 0 Å². The molecule has 5 heteroatoms. The van der Waals surface area contributed by atoms with Crippen molar-refractivity contribution in [3.63, 3.8) is 0 Å². The minimum atomic E-state index is 0.595. The van der Waals surface area contributed by atoms with Gasteiger partial charge < -0.3 is 4.42 Å². The smallest absolute Gasteiger partial charge is 0.164 e. The molecule has 4 aromatic carbocycles. The van der Waals surface area contributed by atoms with Gasteiger partial charge in [-0.1, -0.05) is 84.4 Å². The Morgan fingerprint density at radius 3 is 1.75 bits per heavy atom. The Morgan fingerprint density at radius 2 is 1.12 bits per heavy atom. The molecule has 2 aromatic heterocycles. The number of furan rings is 1. The fourth-order valence-corrected chi connectivity index (χ4v) is 4.05. The molecule has 32 heavy (non-hydrogen) atoms. The Balaban J connectivity index is 1.58. The van der Waals surface area contributed by atoms with Crippen LogP contribution >= 0.6 is 11.6 Å². The van der Waals surface area contributed by atoms with E-state index in [0.29, 0.717) is 28.1 Å². The topological polar surface area (TPSA) is 51.8 Å². The van der Waals surface area contributed by atoms with Crippen LogP contribution in [0, 0.1) is 0 Å². The maximum atomic E-state index is 6.34. The molecule has 0 amide bonds. The third-order valence-corrected chi connectivity index (χ3v) is 5.70. The van der Waals surface area contributed by atoms with Crippen molar-refractivity contribution < 1.29 is 4.42 Å². The first-order chi connectivity index (χ1) is 15.8. The Bertz CT molecular complexity index is 1520. The molecule has 0 aliphatic rings. The van der Waals surface area contributed by atoms with Gasteiger partial charge in [0.25, 0.3) is 0 Å². The third kappa shape index (κ3) is 3.22. The second-order valence-corrected chi connectivity index (χ2v) is 7.88. The molecule has 4 nitrogen and oxygen atoms in total. The average Bonchev–Trinajstić information content (AvgIpc) is 3.24. The van der Waals surface area contributed by atoms with E-state index in [2.05, 4.69) is 6.07 Å². The summed E-state index contributed by atoms with van der Waals surface area (Å²) in [7, 11) is 0. The molecule has 152 valence electrons. The highest BCUT2D eigenvalue weighted by molar-refractivity contribution is 6.35. The highest BCUT2D eigenvalue weighted by atomic mass is 35.5. The van der Waals surface area contributed by atoms with Crippen LogP contribution in [0.3, 0.4) is 0 Å². The molecule has 0 bridgehead atoms. The van der Waals surface area contributed by atoms with E-state index >= 15 is 0 Å². The zero-order valence-electron chi connectivity index (χ0n) is 16.9. The normalized spacial score (nSPS) is 11.3. The van der Waals surface area contributed by atoms with Crippen molar-refractivity contribution in [1.29, 1.82) is 0 Å². The maximum absolute atomic E-state index is 6.34. The molecule has 0 unspecified atom stereocenters. The van der Waals surface area contributed by atoms with Crippen molar-refractivity contribution >= 4 is 33.5 Å². The van der Waals surface area contributed by atoms with Gasteiger partial charge in [-0.2, -0.15) is 0 Å². The lowest BCUT2D eigenvalue weighted by atomic mass is 10.1. The second kappa shape index (κ2) is 7.59. The number of fused-ring (bicyclic) bond motifs is 3. The van der Waals surface area contributed by atoms with Crippen molar-refractivity contribution in [3.8, 4) is 34.2 Å². The van der Waals surface area contributed by atoms with Gasteiger partial charge in [0.2, 0.25) is 0 Å². The summed E-state index contributed by atoms with van der Waals surface area (Å²) < 4.78 is 5.98. The molecule has 0 atom stereocenters. The van der Waals surface area contributed by atoms with Crippen molar-refractivity contribution in [2.45, 2.75) is 0 Å². The van der Waals surface area contributed by atoms with E-state index in [1.54, 1.807) is 0 Å². The van der Waals surface area contributed by atoms with Gasteiger partial charge in [0, 0.05) is 27.5 Å². The van der Waals surface area contributed by atoms with Crippen LogP contribution in [0.4, 0.5) is 0 Å². The number of benzene rings is 4. The molecule has 0 spiro atoms. The quantitative estimate of drug-likeness (QED) is 0.291. The zero-order chi connectivity index (χ0) is 21.5. The largest absolute Gasteiger partial charge is 0.454 e. The number of hydrogen-bond donors (Lipinski definition) is 0. The number of para-hydroxylation sites is 1. The molecule has 6 rings (SSSR count). The Morgan fingerprint density at radius 1 is 0.531 bits per heavy atom. The fourth-order valence-electron chi connectivity index (χ4n) is 3.84. The SMILES string of the molecule is Clc1cccc2c1oc1ccc(-c3nc(-c4ccccc4)nc(-c4ccccc4)n3)cc12. The molecular formula is C27H16ClN3O. The average molecular weight is 434 g/mol. The molecular weight excluding hydrogens is 418 g/mol. The van der Waals surface area contributed by atoms with Crippen LogP contribution in [-0.2, 0) is 0 Å². The lowest BCUT2D eigenvalue weighted by Gasteiger charge is -2.08. The summed E-state index contributed by atoms with van der Waals surface area (Å²) in [6.07, 6.45) is 0. The Hall–Kier alpha value is -4.02. The number of halogens is 1. The van der Waals surface area contributed by atoms with Crippen LogP contribution in [0.5, 0.6) is 0 Å². The highest BCUT2D eigenvalue weighted by Crippen LogP contribution is 2.35. The predicted octanol–water partition coefficient (Wildman–Crippen LogP) is 7.43. The van der Waals surface area contributed by atoms with Gasteiger partial charge in [-0.25, -0.2) is 15.0 Å². The number of rotatable bonds is 3. The van der Waals surface area contributed by atoms with Crippen LogP contribution < -0.4 is 0 Å². The number of aromatic nitrogens is 3. The van der Waals surface area contributed by atoms with Gasteiger partial charge in [0.1, 0.15) is 5.58 Å². The first-order valence-corrected chi connectivity index (χ1v) is 10.6. The van der Waals surface area contributed by atoms with Crippen LogP contribution in [-0.4, -0.2) is 15.0 Å². The fraction of sp³-hybridized carbons (Fsp3) is 0. The van der Waals surface area contributed by atoms with E-state index in [1.165, 1.54) is 0 Å². The van der Waals surface area contributed by atoms with E-state index in [1.807, 2.05) is 91.0 Å². The lowest BCUT2D eigenvalue weighted by molar-refractivity contribution is 0.669. The summed E-state index contributed by atoms with van der Waals surface area (Å²) in [6, 6.07) is 31.6. The van der Waals surface area contributed by atoms with Crippen LogP contribution in [0.25, 0.3) is 56.1 Å². The van der Waals surface area contributed by atoms with Gasteiger partial charge in [-0.15, -0.1) is 0 Å². The minimum absolute atomic E-state index is 0.595. The molecule has 0 aliphatic heterocycles. The van der Waals surface area contributed by atoms with E-state index in [4.69, 9.17) is 31.0 Å². The Kier molecular flexibility index (Phi) is 4.44. The minimum Gasteiger partial charge on any atom is -0.454 e. The summed E-state index contributed by atoms with van der Waals surface area (Å²) in [5, 5.41) is 2.54. The molecule has 2 heterocycles. The van der Waals surface area contributed by atoms with E-state index in [9.17, 15) is 0 Å². The third-order valence-electron chi connectivity index (χ3n) is 5.41. The van der Waals surface area contributed by atoms with Crippen molar-refractivity contribution in [2.75, 3.05) is 0 Å². The molecule has 0 fully saturated rings. The van der Waals surface area contributed by atoms with Crippen LogP contribution in [0.1, 0.15) is 0 Å². The van der Waals surface area contributed by atoms with Gasteiger partial charge in [-0.05, 0) is 24.3 Å². The Labute approximate surface area is 189 Å². The monoisotopic (exact) mass is 433 g/mol. The molecule has 0 saturated carbocycles. The molecule has 0 N–H and O–H groups in total. The van der Waals surface area contributed by atoms with Gasteiger partial charge >= 0.3 is 0 Å². The first kappa shape index (κ1) is 18.7. The lowest BCUT2D eigenvalue weighted by Crippen LogP contribution is -2.00. The van der Waals surface area contributed by atoms with E-state index in [0.717, 1.165) is 33.0 Å². The summed E-state index contributed by atoms with van der Waals surface area (Å²) in [6.45, 7) is 0. The van der Waals surface area contributed by atoms with E-state index in [-0.39, 0.29) is 0 Å². The summed E-state index contributed by atoms with van der Waals surface area (Å²) in [4.78, 5) is 14.4. The van der Waals surface area contributed by atoms with Crippen molar-refractivity contribution in [1.82, 2.24) is 15.0 Å². The molecule has 0 aliphatic carbocycles. The molecule has 6 aromatic rings. The number of hydrogen-bond acceptors (Lipinski definition) is 4. The summed E-state index contributed by atoms with van der Waals surface area (Å²) >= 11 is 6.34. The molecule has 0 radical (unpaired) electrons. The number of nitrogens with zero attached hydrogens (tertiary/aromatic N) is 3.